The Kier molecular flexibility index (Phi) is 6.37. The summed E-state index contributed by atoms with van der Waals surface area (Å²) in [5.41, 5.74) is 2.41. The summed E-state index contributed by atoms with van der Waals surface area (Å²) < 4.78 is 0. The van der Waals surface area contributed by atoms with Crippen molar-refractivity contribution in [2.24, 2.45) is 9.98 Å². The van der Waals surface area contributed by atoms with Crippen LogP contribution in [0, 0.1) is 0 Å². The van der Waals surface area contributed by atoms with Crippen molar-refractivity contribution in [3.63, 3.8) is 0 Å². The molecule has 1 saturated carbocycles. The van der Waals surface area contributed by atoms with Gasteiger partial charge in [-0.15, -0.1) is 45.3 Å². The molecule has 5 rings (SSSR count). The van der Waals surface area contributed by atoms with Gasteiger partial charge in [0.25, 0.3) is 0 Å². The van der Waals surface area contributed by atoms with Gasteiger partial charge in [0.15, 0.2) is 0 Å². The minimum absolute atomic E-state index is 0.287. The van der Waals surface area contributed by atoms with Gasteiger partial charge in [0.1, 0.15) is 0 Å². The van der Waals surface area contributed by atoms with Crippen molar-refractivity contribution in [3.05, 3.63) is 69.0 Å². The Morgan fingerprint density at radius 1 is 0.667 bits per heavy atom. The average Bonchev–Trinajstić information content (AvgIpc) is 3.57. The molecule has 2 atom stereocenters. The lowest BCUT2D eigenvalue weighted by atomic mass is 9.91. The second-order valence-corrected chi connectivity index (χ2v) is 11.1. The van der Waals surface area contributed by atoms with Crippen LogP contribution in [0.5, 0.6) is 0 Å². The average molecular weight is 467 g/mol. The van der Waals surface area contributed by atoms with E-state index in [0.717, 1.165) is 12.8 Å². The molecule has 0 bridgehead atoms. The molecule has 2 nitrogen and oxygen atoms in total. The van der Waals surface area contributed by atoms with Gasteiger partial charge in [-0.25, -0.2) is 0 Å². The first-order chi connectivity index (χ1) is 14.8. The lowest BCUT2D eigenvalue weighted by Gasteiger charge is -2.25. The molecule has 0 aliphatic heterocycles. The number of rotatable bonds is 6. The second kappa shape index (κ2) is 9.52. The van der Waals surface area contributed by atoms with Crippen molar-refractivity contribution >= 4 is 57.8 Å². The standard InChI is InChI=1S/C24H22N2S4/c1-2-6-20(26-14-18-12-24(30-16-18)22-8-4-10-28-22)19(5-1)25-13-17-11-23(29-15-17)21-7-3-9-27-21/h3-4,7-16,19-20H,1-2,5-6H2/t19-,20-/m1/s1. The summed E-state index contributed by atoms with van der Waals surface area (Å²) in [5.74, 6) is 0. The molecule has 30 heavy (non-hydrogen) atoms. The molecule has 4 heterocycles. The molecule has 0 saturated heterocycles. The Bertz CT molecular complexity index is 1030. The van der Waals surface area contributed by atoms with Crippen molar-refractivity contribution < 1.29 is 0 Å². The molecule has 0 unspecified atom stereocenters. The molecule has 0 aromatic carbocycles. The third-order valence-electron chi connectivity index (χ3n) is 5.29. The van der Waals surface area contributed by atoms with Gasteiger partial charge in [-0.2, -0.15) is 0 Å². The van der Waals surface area contributed by atoms with Crippen molar-refractivity contribution in [1.82, 2.24) is 0 Å². The van der Waals surface area contributed by atoms with E-state index in [1.165, 1.54) is 43.5 Å². The Balaban J connectivity index is 1.26. The maximum atomic E-state index is 4.96. The Morgan fingerprint density at radius 3 is 1.60 bits per heavy atom. The third-order valence-corrected chi connectivity index (χ3v) is 9.32. The SMILES string of the molecule is C(=N[C@@H]1CCCC[C@H]1N=Cc1csc(-c2cccs2)c1)c1csc(-c2cccs2)c1. The van der Waals surface area contributed by atoms with Crippen LogP contribution in [0.15, 0.2) is 67.9 Å². The minimum Gasteiger partial charge on any atom is -0.287 e. The largest absolute Gasteiger partial charge is 0.287 e. The maximum Gasteiger partial charge on any atom is 0.0723 e. The molecule has 0 radical (unpaired) electrons. The first kappa shape index (κ1) is 20.1. The van der Waals surface area contributed by atoms with Crippen molar-refractivity contribution in [3.8, 4) is 19.5 Å². The molecule has 1 aliphatic rings. The third kappa shape index (κ3) is 4.72. The van der Waals surface area contributed by atoms with Crippen LogP contribution in [0.3, 0.4) is 0 Å². The van der Waals surface area contributed by atoms with E-state index in [1.807, 2.05) is 0 Å². The maximum absolute atomic E-state index is 4.96. The van der Waals surface area contributed by atoms with E-state index in [4.69, 9.17) is 9.98 Å². The summed E-state index contributed by atoms with van der Waals surface area (Å²) >= 11 is 7.17. The van der Waals surface area contributed by atoms with Gasteiger partial charge in [-0.3, -0.25) is 9.98 Å². The highest BCUT2D eigenvalue weighted by molar-refractivity contribution is 7.21. The van der Waals surface area contributed by atoms with E-state index < -0.39 is 0 Å². The zero-order chi connectivity index (χ0) is 20.2. The van der Waals surface area contributed by atoms with Gasteiger partial charge in [0, 0.05) is 53.8 Å². The zero-order valence-corrected chi connectivity index (χ0v) is 19.7. The molecular formula is C24H22N2S4. The fourth-order valence-corrected chi connectivity index (χ4v) is 7.15. The second-order valence-electron chi connectivity index (χ2n) is 7.42. The summed E-state index contributed by atoms with van der Waals surface area (Å²) in [6, 6.07) is 13.6. The fourth-order valence-electron chi connectivity index (χ4n) is 3.74. The van der Waals surface area contributed by atoms with Gasteiger partial charge in [-0.05, 0) is 47.9 Å². The first-order valence-electron chi connectivity index (χ1n) is 10.2. The van der Waals surface area contributed by atoms with Crippen LogP contribution in [0.25, 0.3) is 19.5 Å². The highest BCUT2D eigenvalue weighted by Gasteiger charge is 2.23. The molecule has 1 aliphatic carbocycles. The smallest absolute Gasteiger partial charge is 0.0723 e. The highest BCUT2D eigenvalue weighted by Crippen LogP contribution is 2.32. The van der Waals surface area contributed by atoms with E-state index in [9.17, 15) is 0 Å². The Hall–Kier alpha value is -1.86. The normalized spacial score (nSPS) is 19.9. The van der Waals surface area contributed by atoms with Crippen LogP contribution in [0.4, 0.5) is 0 Å². The van der Waals surface area contributed by atoms with Crippen molar-refractivity contribution in [1.29, 1.82) is 0 Å². The quantitative estimate of drug-likeness (QED) is 0.256. The lowest BCUT2D eigenvalue weighted by Crippen LogP contribution is -2.27. The minimum atomic E-state index is 0.287. The van der Waals surface area contributed by atoms with E-state index in [0.29, 0.717) is 0 Å². The Labute approximate surface area is 193 Å². The van der Waals surface area contributed by atoms with Gasteiger partial charge in [-0.1, -0.05) is 25.0 Å². The molecule has 0 amide bonds. The summed E-state index contributed by atoms with van der Waals surface area (Å²) in [5, 5.41) is 8.67. The fraction of sp³-hybridized carbons (Fsp3) is 0.250. The molecule has 0 spiro atoms. The summed E-state index contributed by atoms with van der Waals surface area (Å²) in [4.78, 5) is 15.2. The number of hydrogen-bond acceptors (Lipinski definition) is 6. The van der Waals surface area contributed by atoms with E-state index >= 15 is 0 Å². The van der Waals surface area contributed by atoms with E-state index in [2.05, 4.69) is 70.3 Å². The monoisotopic (exact) mass is 466 g/mol. The van der Waals surface area contributed by atoms with Crippen molar-refractivity contribution in [2.75, 3.05) is 0 Å². The van der Waals surface area contributed by atoms with E-state index in [-0.39, 0.29) is 12.1 Å². The van der Waals surface area contributed by atoms with Gasteiger partial charge in [0.2, 0.25) is 0 Å². The predicted molar refractivity (Wildman–Crippen MR) is 136 cm³/mol. The molecule has 0 N–H and O–H groups in total. The van der Waals surface area contributed by atoms with Crippen LogP contribution < -0.4 is 0 Å². The van der Waals surface area contributed by atoms with Gasteiger partial charge in [0.05, 0.1) is 12.1 Å². The lowest BCUT2D eigenvalue weighted by molar-refractivity contribution is 0.390. The van der Waals surface area contributed by atoms with Crippen LogP contribution in [0.1, 0.15) is 36.8 Å². The molecule has 4 aromatic heterocycles. The predicted octanol–water partition coefficient (Wildman–Crippen LogP) is 8.12. The van der Waals surface area contributed by atoms with Crippen LogP contribution in [-0.2, 0) is 0 Å². The molecule has 4 aromatic rings. The van der Waals surface area contributed by atoms with Crippen LogP contribution in [0.2, 0.25) is 0 Å². The van der Waals surface area contributed by atoms with Gasteiger partial charge >= 0.3 is 0 Å². The summed E-state index contributed by atoms with van der Waals surface area (Å²) in [6.45, 7) is 0. The first-order valence-corrected chi connectivity index (χ1v) is 13.7. The van der Waals surface area contributed by atoms with Crippen LogP contribution >= 0.6 is 45.3 Å². The number of aliphatic imine (C=N–C) groups is 2. The summed E-state index contributed by atoms with van der Waals surface area (Å²) in [7, 11) is 0. The molecule has 152 valence electrons. The zero-order valence-electron chi connectivity index (χ0n) is 16.4. The molecule has 1 fully saturated rings. The van der Waals surface area contributed by atoms with Crippen LogP contribution in [-0.4, -0.2) is 24.5 Å². The van der Waals surface area contributed by atoms with Crippen molar-refractivity contribution in [2.45, 2.75) is 37.8 Å². The number of hydrogen-bond donors (Lipinski definition) is 0. The topological polar surface area (TPSA) is 24.7 Å². The number of thiophene rings is 4. The van der Waals surface area contributed by atoms with Gasteiger partial charge < -0.3 is 0 Å². The Morgan fingerprint density at radius 2 is 1.17 bits per heavy atom. The van der Waals surface area contributed by atoms with E-state index in [1.54, 1.807) is 45.3 Å². The molecule has 6 heteroatoms. The number of nitrogens with zero attached hydrogens (tertiary/aromatic N) is 2. The summed E-state index contributed by atoms with van der Waals surface area (Å²) in [6.07, 6.45) is 8.88. The highest BCUT2D eigenvalue weighted by atomic mass is 32.1. The molecular weight excluding hydrogens is 445 g/mol.